The van der Waals surface area contributed by atoms with Gasteiger partial charge in [0.05, 0.1) is 6.26 Å². The maximum Gasteiger partial charge on any atom is 0.290 e. The van der Waals surface area contributed by atoms with Crippen LogP contribution in [0.25, 0.3) is 0 Å². The number of amides is 2. The van der Waals surface area contributed by atoms with Crippen molar-refractivity contribution in [3.05, 3.63) is 59.5 Å². The quantitative estimate of drug-likeness (QED) is 0.897. The first-order valence-corrected chi connectivity index (χ1v) is 9.52. The molecule has 2 amide bonds. The Morgan fingerprint density at radius 2 is 2.00 bits per heavy atom. The SMILES string of the molecule is CNCC1CCN(C(=O)C2Cc3ccccc3CN2C(=O)c2ccco2)C1. The Bertz CT molecular complexity index is 818. The van der Waals surface area contributed by atoms with Gasteiger partial charge in [-0.05, 0) is 49.2 Å². The van der Waals surface area contributed by atoms with Gasteiger partial charge in [0.2, 0.25) is 5.91 Å². The van der Waals surface area contributed by atoms with Crippen LogP contribution in [0.5, 0.6) is 0 Å². The molecule has 2 aromatic rings. The molecule has 4 rings (SSSR count). The molecule has 1 aromatic carbocycles. The summed E-state index contributed by atoms with van der Waals surface area (Å²) in [5.74, 6) is 0.576. The van der Waals surface area contributed by atoms with Crippen LogP contribution in [0.15, 0.2) is 47.1 Å². The number of likely N-dealkylation sites (tertiary alicyclic amines) is 1. The van der Waals surface area contributed by atoms with Gasteiger partial charge in [-0.2, -0.15) is 0 Å². The third-order valence-electron chi connectivity index (χ3n) is 5.62. The molecule has 0 aliphatic carbocycles. The Morgan fingerprint density at radius 1 is 1.19 bits per heavy atom. The van der Waals surface area contributed by atoms with Crippen molar-refractivity contribution in [1.82, 2.24) is 15.1 Å². The standard InChI is InChI=1S/C21H25N3O3/c1-22-12-15-8-9-23(13-15)20(25)18-11-16-5-2-3-6-17(16)14-24(18)21(26)19-7-4-10-27-19/h2-7,10,15,18,22H,8-9,11-14H2,1H3. The lowest BCUT2D eigenvalue weighted by molar-refractivity contribution is -0.135. The van der Waals surface area contributed by atoms with E-state index < -0.39 is 6.04 Å². The van der Waals surface area contributed by atoms with Gasteiger partial charge in [0.15, 0.2) is 5.76 Å². The van der Waals surface area contributed by atoms with E-state index in [1.54, 1.807) is 17.0 Å². The van der Waals surface area contributed by atoms with Crippen molar-refractivity contribution in [2.75, 3.05) is 26.7 Å². The normalized spacial score (nSPS) is 22.0. The summed E-state index contributed by atoms with van der Waals surface area (Å²) in [5.41, 5.74) is 2.24. The van der Waals surface area contributed by atoms with Crippen LogP contribution in [0.3, 0.4) is 0 Å². The van der Waals surface area contributed by atoms with Crippen LogP contribution in [-0.2, 0) is 17.8 Å². The molecule has 1 saturated heterocycles. The van der Waals surface area contributed by atoms with E-state index in [4.69, 9.17) is 4.42 Å². The van der Waals surface area contributed by atoms with E-state index in [-0.39, 0.29) is 17.6 Å². The number of carbonyl (C=O) groups is 2. The molecule has 1 N–H and O–H groups in total. The highest BCUT2D eigenvalue weighted by Crippen LogP contribution is 2.28. The summed E-state index contributed by atoms with van der Waals surface area (Å²) in [6.45, 7) is 2.85. The third-order valence-corrected chi connectivity index (χ3v) is 5.62. The van der Waals surface area contributed by atoms with Gasteiger partial charge in [-0.1, -0.05) is 24.3 Å². The zero-order chi connectivity index (χ0) is 18.8. The third kappa shape index (κ3) is 3.49. The summed E-state index contributed by atoms with van der Waals surface area (Å²) in [5, 5.41) is 3.19. The Labute approximate surface area is 159 Å². The lowest BCUT2D eigenvalue weighted by Crippen LogP contribution is -2.53. The number of furan rings is 1. The van der Waals surface area contributed by atoms with Gasteiger partial charge in [-0.3, -0.25) is 9.59 Å². The predicted molar refractivity (Wildman–Crippen MR) is 101 cm³/mol. The summed E-state index contributed by atoms with van der Waals surface area (Å²) in [6.07, 6.45) is 3.04. The predicted octanol–water partition coefficient (Wildman–Crippen LogP) is 1.91. The Hall–Kier alpha value is -2.60. The second-order valence-electron chi connectivity index (χ2n) is 7.40. The first-order chi connectivity index (χ1) is 13.2. The van der Waals surface area contributed by atoms with Crippen molar-refractivity contribution in [2.24, 2.45) is 5.92 Å². The number of fused-ring (bicyclic) bond motifs is 1. The first kappa shape index (κ1) is 17.8. The molecule has 2 atom stereocenters. The van der Waals surface area contributed by atoms with Crippen LogP contribution in [0, 0.1) is 5.92 Å². The van der Waals surface area contributed by atoms with E-state index in [1.165, 1.54) is 6.26 Å². The van der Waals surface area contributed by atoms with Crippen molar-refractivity contribution in [3.63, 3.8) is 0 Å². The van der Waals surface area contributed by atoms with Gasteiger partial charge >= 0.3 is 0 Å². The van der Waals surface area contributed by atoms with E-state index in [9.17, 15) is 9.59 Å². The molecule has 2 aliphatic rings. The monoisotopic (exact) mass is 367 g/mol. The summed E-state index contributed by atoms with van der Waals surface area (Å²) in [7, 11) is 1.94. The van der Waals surface area contributed by atoms with Crippen molar-refractivity contribution < 1.29 is 14.0 Å². The van der Waals surface area contributed by atoms with Gasteiger partial charge in [-0.25, -0.2) is 0 Å². The molecule has 1 aromatic heterocycles. The molecule has 3 heterocycles. The molecular weight excluding hydrogens is 342 g/mol. The first-order valence-electron chi connectivity index (χ1n) is 9.52. The summed E-state index contributed by atoms with van der Waals surface area (Å²) < 4.78 is 5.31. The van der Waals surface area contributed by atoms with Crippen LogP contribution >= 0.6 is 0 Å². The van der Waals surface area contributed by atoms with E-state index >= 15 is 0 Å². The smallest absolute Gasteiger partial charge is 0.290 e. The fourth-order valence-corrected chi connectivity index (χ4v) is 4.20. The van der Waals surface area contributed by atoms with Crippen LogP contribution in [0.2, 0.25) is 0 Å². The van der Waals surface area contributed by atoms with Crippen LogP contribution in [-0.4, -0.2) is 54.3 Å². The average Bonchev–Trinajstić information content (AvgIpc) is 3.38. The zero-order valence-corrected chi connectivity index (χ0v) is 15.6. The molecule has 6 nitrogen and oxygen atoms in total. The van der Waals surface area contributed by atoms with Crippen LogP contribution in [0.1, 0.15) is 28.1 Å². The molecule has 1 fully saturated rings. The summed E-state index contributed by atoms with van der Waals surface area (Å²) in [6, 6.07) is 10.9. The number of rotatable bonds is 4. The number of nitrogens with one attached hydrogen (secondary N) is 1. The fraction of sp³-hybridized carbons (Fsp3) is 0.429. The second kappa shape index (κ2) is 7.56. The number of hydrogen-bond donors (Lipinski definition) is 1. The lowest BCUT2D eigenvalue weighted by atomic mass is 9.93. The second-order valence-corrected chi connectivity index (χ2v) is 7.40. The number of carbonyl (C=O) groups excluding carboxylic acids is 2. The van der Waals surface area contributed by atoms with E-state index in [0.29, 0.717) is 18.9 Å². The minimum Gasteiger partial charge on any atom is -0.459 e. The Balaban J connectivity index is 1.59. The highest BCUT2D eigenvalue weighted by molar-refractivity contribution is 5.96. The molecule has 2 unspecified atom stereocenters. The van der Waals surface area contributed by atoms with E-state index in [0.717, 1.165) is 37.2 Å². The van der Waals surface area contributed by atoms with E-state index in [1.807, 2.05) is 30.1 Å². The molecule has 2 aliphatic heterocycles. The molecule has 6 heteroatoms. The highest BCUT2D eigenvalue weighted by atomic mass is 16.3. The lowest BCUT2D eigenvalue weighted by Gasteiger charge is -2.37. The molecule has 0 saturated carbocycles. The van der Waals surface area contributed by atoms with Crippen molar-refractivity contribution in [3.8, 4) is 0 Å². The van der Waals surface area contributed by atoms with Crippen molar-refractivity contribution in [2.45, 2.75) is 25.4 Å². The molecule has 0 spiro atoms. The van der Waals surface area contributed by atoms with Gasteiger partial charge in [-0.15, -0.1) is 0 Å². The number of nitrogens with zero attached hydrogens (tertiary/aromatic N) is 2. The number of hydrogen-bond acceptors (Lipinski definition) is 4. The van der Waals surface area contributed by atoms with Crippen molar-refractivity contribution >= 4 is 11.8 Å². The summed E-state index contributed by atoms with van der Waals surface area (Å²) >= 11 is 0. The van der Waals surface area contributed by atoms with Crippen LogP contribution < -0.4 is 5.32 Å². The summed E-state index contributed by atoms with van der Waals surface area (Å²) in [4.78, 5) is 29.9. The zero-order valence-electron chi connectivity index (χ0n) is 15.6. The largest absolute Gasteiger partial charge is 0.459 e. The minimum absolute atomic E-state index is 0.0445. The fourth-order valence-electron chi connectivity index (χ4n) is 4.20. The van der Waals surface area contributed by atoms with Gasteiger partial charge in [0.1, 0.15) is 6.04 Å². The Morgan fingerprint density at radius 3 is 2.74 bits per heavy atom. The van der Waals surface area contributed by atoms with E-state index in [2.05, 4.69) is 11.4 Å². The number of benzene rings is 1. The van der Waals surface area contributed by atoms with Gasteiger partial charge < -0.3 is 19.5 Å². The topological polar surface area (TPSA) is 65.8 Å². The highest BCUT2D eigenvalue weighted by Gasteiger charge is 2.39. The molecule has 142 valence electrons. The van der Waals surface area contributed by atoms with Crippen LogP contribution in [0.4, 0.5) is 0 Å². The molecule has 0 bridgehead atoms. The minimum atomic E-state index is -0.481. The van der Waals surface area contributed by atoms with Crippen molar-refractivity contribution in [1.29, 1.82) is 0 Å². The molecule has 27 heavy (non-hydrogen) atoms. The molecule has 0 radical (unpaired) electrons. The maximum absolute atomic E-state index is 13.3. The van der Waals surface area contributed by atoms with Gasteiger partial charge in [0, 0.05) is 26.1 Å². The molecular formula is C21H25N3O3. The van der Waals surface area contributed by atoms with Gasteiger partial charge in [0.25, 0.3) is 5.91 Å². The average molecular weight is 367 g/mol. The maximum atomic E-state index is 13.3. The Kier molecular flexibility index (Phi) is 4.99.